The molecule has 0 aliphatic rings. The van der Waals surface area contributed by atoms with Gasteiger partial charge in [0.15, 0.2) is 0 Å². The molecule has 1 N–H and O–H groups in total. The van der Waals surface area contributed by atoms with E-state index in [0.717, 1.165) is 17.7 Å². The summed E-state index contributed by atoms with van der Waals surface area (Å²) in [4.78, 5) is 13.0. The number of carbonyl (C=O) groups excluding carboxylic acids is 1. The van der Waals surface area contributed by atoms with Crippen LogP contribution in [0.25, 0.3) is 0 Å². The highest BCUT2D eigenvalue weighted by molar-refractivity contribution is 7.98. The van der Waals surface area contributed by atoms with E-state index >= 15 is 0 Å². The van der Waals surface area contributed by atoms with Crippen molar-refractivity contribution in [1.82, 2.24) is 5.32 Å². The molecule has 0 aliphatic heterocycles. The third-order valence-electron chi connectivity index (χ3n) is 2.84. The van der Waals surface area contributed by atoms with E-state index in [2.05, 4.69) is 12.2 Å². The average Bonchev–Trinajstić information content (AvgIpc) is 2.43. The van der Waals surface area contributed by atoms with Gasteiger partial charge in [-0.15, -0.1) is 23.4 Å². The summed E-state index contributed by atoms with van der Waals surface area (Å²) < 4.78 is 0. The molecule has 1 aromatic carbocycles. The van der Waals surface area contributed by atoms with Gasteiger partial charge < -0.3 is 5.32 Å². The number of carbonyl (C=O) groups is 1. The maximum atomic E-state index is 12.0. The molecule has 5 heteroatoms. The number of amides is 1. The first-order valence-corrected chi connectivity index (χ1v) is 8.40. The van der Waals surface area contributed by atoms with E-state index in [0.29, 0.717) is 28.9 Å². The summed E-state index contributed by atoms with van der Waals surface area (Å²) in [5.41, 5.74) is 0.541. The summed E-state index contributed by atoms with van der Waals surface area (Å²) in [7, 11) is 0. The van der Waals surface area contributed by atoms with Gasteiger partial charge in [0.25, 0.3) is 5.91 Å². The molecule has 1 unspecified atom stereocenters. The van der Waals surface area contributed by atoms with Gasteiger partial charge in [-0.3, -0.25) is 4.79 Å². The highest BCUT2D eigenvalue weighted by Gasteiger charge is 2.10. The van der Waals surface area contributed by atoms with E-state index in [1.54, 1.807) is 17.8 Å². The van der Waals surface area contributed by atoms with Crippen molar-refractivity contribution in [3.8, 4) is 0 Å². The van der Waals surface area contributed by atoms with Crippen LogP contribution in [-0.2, 0) is 0 Å². The molecule has 0 bridgehead atoms. The van der Waals surface area contributed by atoms with Crippen molar-refractivity contribution in [2.24, 2.45) is 5.92 Å². The lowest BCUT2D eigenvalue weighted by Crippen LogP contribution is -2.25. The van der Waals surface area contributed by atoms with Crippen LogP contribution in [0.5, 0.6) is 0 Å². The monoisotopic (exact) mass is 319 g/mol. The quantitative estimate of drug-likeness (QED) is 0.457. The van der Waals surface area contributed by atoms with E-state index in [-0.39, 0.29) is 5.91 Å². The van der Waals surface area contributed by atoms with Crippen LogP contribution in [0.1, 0.15) is 30.1 Å². The predicted molar refractivity (Wildman–Crippen MR) is 84.7 cm³/mol. The maximum Gasteiger partial charge on any atom is 0.252 e. The third kappa shape index (κ3) is 5.64. The fraction of sp³-hybridized carbons (Fsp3) is 0.500. The number of thioether (sulfide) groups is 1. The van der Waals surface area contributed by atoms with Gasteiger partial charge in [-0.25, -0.2) is 0 Å². The Balaban J connectivity index is 2.49. The van der Waals surface area contributed by atoms with Crippen LogP contribution < -0.4 is 5.32 Å². The minimum Gasteiger partial charge on any atom is -0.352 e. The number of benzene rings is 1. The lowest BCUT2D eigenvalue weighted by Gasteiger charge is -2.09. The average molecular weight is 320 g/mol. The van der Waals surface area contributed by atoms with Crippen LogP contribution in [-0.4, -0.2) is 24.6 Å². The lowest BCUT2D eigenvalue weighted by molar-refractivity contribution is 0.0952. The molecule has 0 spiro atoms. The van der Waals surface area contributed by atoms with Crippen LogP contribution >= 0.6 is 35.0 Å². The summed E-state index contributed by atoms with van der Waals surface area (Å²) in [6, 6.07) is 5.49. The smallest absolute Gasteiger partial charge is 0.252 e. The van der Waals surface area contributed by atoms with Gasteiger partial charge in [-0.1, -0.05) is 18.5 Å². The first-order valence-electron chi connectivity index (χ1n) is 6.26. The summed E-state index contributed by atoms with van der Waals surface area (Å²) in [5.74, 6) is 1.04. The molecule has 0 fully saturated rings. The van der Waals surface area contributed by atoms with Gasteiger partial charge in [0.2, 0.25) is 0 Å². The minimum absolute atomic E-state index is 0.112. The minimum atomic E-state index is -0.112. The van der Waals surface area contributed by atoms with Crippen molar-refractivity contribution < 1.29 is 4.79 Å². The zero-order chi connectivity index (χ0) is 14.3. The Hall–Kier alpha value is -0.380. The predicted octanol–water partition coefficient (Wildman–Crippen LogP) is 4.45. The van der Waals surface area contributed by atoms with Gasteiger partial charge in [-0.2, -0.15) is 0 Å². The maximum absolute atomic E-state index is 12.0. The molecular weight excluding hydrogens is 301 g/mol. The van der Waals surface area contributed by atoms with Crippen LogP contribution in [0.15, 0.2) is 23.1 Å². The second-order valence-corrected chi connectivity index (χ2v) is 6.10. The van der Waals surface area contributed by atoms with E-state index in [9.17, 15) is 4.79 Å². The molecule has 0 aromatic heterocycles. The number of rotatable bonds is 7. The van der Waals surface area contributed by atoms with Crippen molar-refractivity contribution >= 4 is 40.9 Å². The molecule has 0 aliphatic carbocycles. The molecule has 1 rings (SSSR count). The van der Waals surface area contributed by atoms with Gasteiger partial charge in [0.05, 0.1) is 10.6 Å². The van der Waals surface area contributed by atoms with Crippen LogP contribution in [0.2, 0.25) is 5.02 Å². The standard InChI is InChI=1S/C14H19Cl2NOS/c1-10(9-15)4-3-7-17-14(18)12-8-11(19-2)5-6-13(12)16/h5-6,8,10H,3-4,7,9H2,1-2H3,(H,17,18). The lowest BCUT2D eigenvalue weighted by atomic mass is 10.1. The Morgan fingerprint density at radius 3 is 2.84 bits per heavy atom. The van der Waals surface area contributed by atoms with Crippen molar-refractivity contribution in [3.63, 3.8) is 0 Å². The first kappa shape index (κ1) is 16.7. The number of hydrogen-bond acceptors (Lipinski definition) is 2. The third-order valence-corrected chi connectivity index (χ3v) is 4.42. The summed E-state index contributed by atoms with van der Waals surface area (Å²) in [6.07, 6.45) is 3.92. The van der Waals surface area contributed by atoms with E-state index < -0.39 is 0 Å². The Kier molecular flexibility index (Phi) is 7.66. The summed E-state index contributed by atoms with van der Waals surface area (Å²) >= 11 is 13.4. The first-order chi connectivity index (χ1) is 9.08. The molecule has 19 heavy (non-hydrogen) atoms. The van der Waals surface area contributed by atoms with Gasteiger partial charge in [0.1, 0.15) is 0 Å². The Bertz CT molecular complexity index is 426. The van der Waals surface area contributed by atoms with Crippen LogP contribution in [0.4, 0.5) is 0 Å². The highest BCUT2D eigenvalue weighted by Crippen LogP contribution is 2.22. The molecule has 1 amide bonds. The zero-order valence-corrected chi connectivity index (χ0v) is 13.5. The van der Waals surface area contributed by atoms with Crippen molar-refractivity contribution in [2.45, 2.75) is 24.7 Å². The number of nitrogens with one attached hydrogen (secondary N) is 1. The SMILES string of the molecule is CSc1ccc(Cl)c(C(=O)NCCCC(C)CCl)c1. The molecule has 1 aromatic rings. The van der Waals surface area contributed by atoms with Crippen molar-refractivity contribution in [1.29, 1.82) is 0 Å². The van der Waals surface area contributed by atoms with Crippen molar-refractivity contribution in [3.05, 3.63) is 28.8 Å². The molecule has 106 valence electrons. The van der Waals surface area contributed by atoms with Gasteiger partial charge >= 0.3 is 0 Å². The van der Waals surface area contributed by atoms with E-state index in [1.165, 1.54) is 0 Å². The second-order valence-electron chi connectivity index (χ2n) is 4.50. The second kappa shape index (κ2) is 8.72. The number of hydrogen-bond donors (Lipinski definition) is 1. The Morgan fingerprint density at radius 2 is 2.21 bits per heavy atom. The largest absolute Gasteiger partial charge is 0.352 e. The Labute approximate surface area is 129 Å². The van der Waals surface area contributed by atoms with E-state index in [1.807, 2.05) is 18.4 Å². The molecule has 2 nitrogen and oxygen atoms in total. The number of alkyl halides is 1. The van der Waals surface area contributed by atoms with Gasteiger partial charge in [0, 0.05) is 17.3 Å². The van der Waals surface area contributed by atoms with E-state index in [4.69, 9.17) is 23.2 Å². The van der Waals surface area contributed by atoms with Crippen LogP contribution in [0, 0.1) is 5.92 Å². The number of halogens is 2. The normalized spacial score (nSPS) is 12.2. The van der Waals surface area contributed by atoms with Crippen molar-refractivity contribution in [2.75, 3.05) is 18.7 Å². The molecular formula is C14H19Cl2NOS. The fourth-order valence-electron chi connectivity index (χ4n) is 1.63. The van der Waals surface area contributed by atoms with Crippen LogP contribution in [0.3, 0.4) is 0 Å². The molecule has 0 radical (unpaired) electrons. The van der Waals surface area contributed by atoms with Gasteiger partial charge in [-0.05, 0) is 43.2 Å². The fourth-order valence-corrected chi connectivity index (χ4v) is 2.43. The Morgan fingerprint density at radius 1 is 1.47 bits per heavy atom. The summed E-state index contributed by atoms with van der Waals surface area (Å²) in [6.45, 7) is 2.76. The molecule has 0 heterocycles. The topological polar surface area (TPSA) is 29.1 Å². The molecule has 0 saturated carbocycles. The highest BCUT2D eigenvalue weighted by atomic mass is 35.5. The zero-order valence-electron chi connectivity index (χ0n) is 11.2. The molecule has 1 atom stereocenters. The summed E-state index contributed by atoms with van der Waals surface area (Å²) in [5, 5.41) is 3.39. The molecule has 0 saturated heterocycles.